The van der Waals surface area contributed by atoms with Crippen molar-refractivity contribution in [3.63, 3.8) is 0 Å². The molecule has 1 aromatic heterocycles. The first-order chi connectivity index (χ1) is 13.6. The number of carbonyl (C=O) groups excluding carboxylic acids is 1. The number of benzene rings is 2. The number of halogens is 2. The van der Waals surface area contributed by atoms with Crippen LogP contribution in [0.4, 0.5) is 4.39 Å². The zero-order valence-electron chi connectivity index (χ0n) is 14.6. The molecular weight excluding hydrogens is 403 g/mol. The Kier molecular flexibility index (Phi) is 5.61. The lowest BCUT2D eigenvalue weighted by atomic mass is 10.0. The van der Waals surface area contributed by atoms with E-state index in [1.165, 1.54) is 23.9 Å². The van der Waals surface area contributed by atoms with Gasteiger partial charge in [0.05, 0.1) is 5.75 Å². The summed E-state index contributed by atoms with van der Waals surface area (Å²) < 4.78 is 18.4. The Labute approximate surface area is 169 Å². The molecule has 0 saturated carbocycles. The molecule has 9 heteroatoms. The van der Waals surface area contributed by atoms with Crippen LogP contribution in [0.1, 0.15) is 23.9 Å². The van der Waals surface area contributed by atoms with Crippen LogP contribution in [0.25, 0.3) is 11.4 Å². The molecule has 0 spiro atoms. The summed E-state index contributed by atoms with van der Waals surface area (Å²) in [5.41, 5.74) is 1.31. The summed E-state index contributed by atoms with van der Waals surface area (Å²) >= 11 is 7.42. The number of amides is 1. The summed E-state index contributed by atoms with van der Waals surface area (Å²) in [6, 6.07) is 13.2. The largest absolute Gasteiger partial charge is 0.338 e. The van der Waals surface area contributed by atoms with Crippen LogP contribution in [0.15, 0.2) is 53.1 Å². The number of nitrogens with one attached hydrogen (secondary N) is 2. The van der Waals surface area contributed by atoms with E-state index in [1.54, 1.807) is 24.3 Å². The maximum Gasteiger partial charge on any atom is 0.237 e. The molecule has 2 heterocycles. The Balaban J connectivity index is 1.39. The molecule has 1 aliphatic rings. The molecule has 1 aliphatic heterocycles. The van der Waals surface area contributed by atoms with Crippen molar-refractivity contribution in [1.82, 2.24) is 20.8 Å². The molecule has 1 amide bonds. The Morgan fingerprint density at radius 3 is 2.86 bits per heavy atom. The average molecular weight is 419 g/mol. The minimum Gasteiger partial charge on any atom is -0.338 e. The fourth-order valence-corrected chi connectivity index (χ4v) is 3.98. The highest BCUT2D eigenvalue weighted by molar-refractivity contribution is 7.99. The van der Waals surface area contributed by atoms with Gasteiger partial charge in [0.25, 0.3) is 0 Å². The van der Waals surface area contributed by atoms with Crippen molar-refractivity contribution in [2.75, 3.05) is 0 Å². The topological polar surface area (TPSA) is 80.1 Å². The van der Waals surface area contributed by atoms with Gasteiger partial charge in [0.1, 0.15) is 11.3 Å². The van der Waals surface area contributed by atoms with Crippen molar-refractivity contribution in [1.29, 1.82) is 0 Å². The lowest BCUT2D eigenvalue weighted by Gasteiger charge is -2.31. The quantitative estimate of drug-likeness (QED) is 0.654. The molecule has 0 aliphatic carbocycles. The molecule has 3 aromatic rings. The lowest BCUT2D eigenvalue weighted by Crippen LogP contribution is -2.50. The minimum atomic E-state index is -0.321. The Hall–Kier alpha value is -2.42. The monoisotopic (exact) mass is 418 g/mol. The van der Waals surface area contributed by atoms with Crippen LogP contribution in [0.2, 0.25) is 5.02 Å². The van der Waals surface area contributed by atoms with Gasteiger partial charge in [0.15, 0.2) is 0 Å². The first kappa shape index (κ1) is 18.9. The number of rotatable bonds is 5. The van der Waals surface area contributed by atoms with Gasteiger partial charge in [0.2, 0.25) is 17.6 Å². The highest BCUT2D eigenvalue weighted by Crippen LogP contribution is 2.26. The van der Waals surface area contributed by atoms with Crippen molar-refractivity contribution >= 4 is 29.3 Å². The summed E-state index contributed by atoms with van der Waals surface area (Å²) in [6.07, 6.45) is 0.294. The predicted molar refractivity (Wildman–Crippen MR) is 105 cm³/mol. The summed E-state index contributed by atoms with van der Waals surface area (Å²) in [6.45, 7) is 0. The van der Waals surface area contributed by atoms with Gasteiger partial charge in [-0.05, 0) is 29.8 Å². The van der Waals surface area contributed by atoms with Gasteiger partial charge in [-0.15, -0.1) is 11.8 Å². The van der Waals surface area contributed by atoms with Gasteiger partial charge < -0.3 is 9.84 Å². The van der Waals surface area contributed by atoms with Gasteiger partial charge in [-0.25, -0.2) is 4.39 Å². The van der Waals surface area contributed by atoms with Crippen molar-refractivity contribution in [2.45, 2.75) is 23.7 Å². The maximum absolute atomic E-state index is 13.1. The van der Waals surface area contributed by atoms with E-state index in [9.17, 15) is 9.18 Å². The molecule has 6 nitrogen and oxygen atoms in total. The number of aromatic nitrogens is 2. The predicted octanol–water partition coefficient (Wildman–Crippen LogP) is 3.90. The standard InChI is InChI=1S/C19H16ClFN4O2S/c20-13-3-1-2-12(8-13)18-24-17(27-25-18)10-28-19-22-15(9-16(26)23-19)11-4-6-14(21)7-5-11/h1-8,15,19,22H,9-10H2,(H,23,26). The van der Waals surface area contributed by atoms with E-state index in [-0.39, 0.29) is 23.3 Å². The van der Waals surface area contributed by atoms with Gasteiger partial charge in [-0.1, -0.05) is 41.0 Å². The van der Waals surface area contributed by atoms with Gasteiger partial charge in [0, 0.05) is 23.0 Å². The summed E-state index contributed by atoms with van der Waals surface area (Å²) in [5, 5.41) is 10.8. The number of thioether (sulfide) groups is 1. The van der Waals surface area contributed by atoms with E-state index in [4.69, 9.17) is 16.1 Å². The molecule has 144 valence electrons. The van der Waals surface area contributed by atoms with Crippen LogP contribution in [0, 0.1) is 5.82 Å². The molecular formula is C19H16ClFN4O2S. The summed E-state index contributed by atoms with van der Waals surface area (Å²) in [4.78, 5) is 16.4. The van der Waals surface area contributed by atoms with Crippen LogP contribution in [-0.2, 0) is 10.5 Å². The van der Waals surface area contributed by atoms with Crippen LogP contribution in [-0.4, -0.2) is 21.5 Å². The Morgan fingerprint density at radius 1 is 1.25 bits per heavy atom. The van der Waals surface area contributed by atoms with Crippen LogP contribution >= 0.6 is 23.4 Å². The van der Waals surface area contributed by atoms with Crippen molar-refractivity contribution in [3.05, 3.63) is 70.8 Å². The molecule has 2 unspecified atom stereocenters. The molecule has 2 N–H and O–H groups in total. The van der Waals surface area contributed by atoms with E-state index in [0.29, 0.717) is 28.9 Å². The second-order valence-electron chi connectivity index (χ2n) is 6.26. The normalized spacial score (nSPS) is 19.4. The highest BCUT2D eigenvalue weighted by Gasteiger charge is 2.27. The van der Waals surface area contributed by atoms with Gasteiger partial charge >= 0.3 is 0 Å². The van der Waals surface area contributed by atoms with E-state index in [1.807, 2.05) is 12.1 Å². The van der Waals surface area contributed by atoms with Crippen molar-refractivity contribution in [3.8, 4) is 11.4 Å². The number of nitrogens with zero attached hydrogens (tertiary/aromatic N) is 2. The number of hydrogen-bond donors (Lipinski definition) is 2. The first-order valence-corrected chi connectivity index (χ1v) is 10.0. The van der Waals surface area contributed by atoms with Crippen molar-refractivity contribution < 1.29 is 13.7 Å². The fraction of sp³-hybridized carbons (Fsp3) is 0.211. The van der Waals surface area contributed by atoms with Gasteiger partial charge in [-0.2, -0.15) is 4.98 Å². The van der Waals surface area contributed by atoms with Crippen LogP contribution < -0.4 is 10.6 Å². The summed E-state index contributed by atoms with van der Waals surface area (Å²) in [7, 11) is 0. The van der Waals surface area contributed by atoms with Crippen molar-refractivity contribution in [2.24, 2.45) is 0 Å². The van der Waals surface area contributed by atoms with Gasteiger partial charge in [-0.3, -0.25) is 10.1 Å². The van der Waals surface area contributed by atoms with Crippen LogP contribution in [0.5, 0.6) is 0 Å². The molecule has 4 rings (SSSR count). The SMILES string of the molecule is O=C1CC(c2ccc(F)cc2)NC(SCc2nc(-c3cccc(Cl)c3)no2)N1. The third kappa shape index (κ3) is 4.52. The molecule has 1 saturated heterocycles. The van der Waals surface area contributed by atoms with E-state index >= 15 is 0 Å². The summed E-state index contributed by atoms with van der Waals surface area (Å²) in [5.74, 6) is 0.946. The zero-order valence-corrected chi connectivity index (χ0v) is 16.1. The third-order valence-electron chi connectivity index (χ3n) is 4.23. The first-order valence-electron chi connectivity index (χ1n) is 8.58. The third-order valence-corrected chi connectivity index (χ3v) is 5.47. The highest BCUT2D eigenvalue weighted by atomic mass is 35.5. The van der Waals surface area contributed by atoms with E-state index in [0.717, 1.165) is 11.1 Å². The Morgan fingerprint density at radius 2 is 2.07 bits per heavy atom. The average Bonchev–Trinajstić information content (AvgIpc) is 3.16. The van der Waals surface area contributed by atoms with E-state index in [2.05, 4.69) is 20.8 Å². The number of hydrogen-bond acceptors (Lipinski definition) is 6. The molecule has 1 fully saturated rings. The maximum atomic E-state index is 13.1. The zero-order chi connectivity index (χ0) is 19.5. The fourth-order valence-electron chi connectivity index (χ4n) is 2.89. The number of carbonyl (C=O) groups is 1. The molecule has 2 atom stereocenters. The molecule has 0 radical (unpaired) electrons. The minimum absolute atomic E-state index is 0.0734. The van der Waals surface area contributed by atoms with E-state index < -0.39 is 0 Å². The van der Waals surface area contributed by atoms with Crippen LogP contribution in [0.3, 0.4) is 0 Å². The smallest absolute Gasteiger partial charge is 0.237 e. The molecule has 0 bridgehead atoms. The molecule has 28 heavy (non-hydrogen) atoms. The second kappa shape index (κ2) is 8.30. The second-order valence-corrected chi connectivity index (χ2v) is 7.79. The lowest BCUT2D eigenvalue weighted by molar-refractivity contribution is -0.123. The molecule has 2 aromatic carbocycles. The Bertz CT molecular complexity index is 982.